The van der Waals surface area contributed by atoms with Gasteiger partial charge in [-0.15, -0.1) is 0 Å². The third-order valence-corrected chi connectivity index (χ3v) is 5.39. The van der Waals surface area contributed by atoms with Crippen LogP contribution in [-0.4, -0.2) is 27.4 Å². The van der Waals surface area contributed by atoms with Gasteiger partial charge in [0.2, 0.25) is 5.91 Å². The van der Waals surface area contributed by atoms with Gasteiger partial charge in [-0.1, -0.05) is 17.7 Å². The van der Waals surface area contributed by atoms with E-state index in [4.69, 9.17) is 11.6 Å². The lowest BCUT2D eigenvalue weighted by Crippen LogP contribution is -2.30. The number of H-pyrrole nitrogens is 1. The number of rotatable bonds is 4. The van der Waals surface area contributed by atoms with E-state index in [0.717, 1.165) is 23.2 Å². The summed E-state index contributed by atoms with van der Waals surface area (Å²) in [4.78, 5) is 38.3. The number of anilines is 1. The second-order valence-corrected chi connectivity index (χ2v) is 7.15. The summed E-state index contributed by atoms with van der Waals surface area (Å²) in [5.41, 5.74) is 3.63. The van der Waals surface area contributed by atoms with E-state index in [-0.39, 0.29) is 17.9 Å². The fourth-order valence-electron chi connectivity index (χ4n) is 3.57. The number of hydrogen-bond donors (Lipinski definition) is 1. The first-order chi connectivity index (χ1) is 13.5. The third kappa shape index (κ3) is 3.43. The van der Waals surface area contributed by atoms with Gasteiger partial charge >= 0.3 is 0 Å². The predicted octanol–water partition coefficient (Wildman–Crippen LogP) is 3.32. The van der Waals surface area contributed by atoms with Crippen molar-refractivity contribution in [2.75, 3.05) is 11.4 Å². The van der Waals surface area contributed by atoms with Crippen LogP contribution in [0.3, 0.4) is 0 Å². The predicted molar refractivity (Wildman–Crippen MR) is 109 cm³/mol. The van der Waals surface area contributed by atoms with Gasteiger partial charge in [0.05, 0.1) is 0 Å². The van der Waals surface area contributed by atoms with Crippen molar-refractivity contribution < 1.29 is 4.79 Å². The fourth-order valence-corrected chi connectivity index (χ4v) is 3.83. The molecule has 0 bridgehead atoms. The Bertz CT molecular complexity index is 1100. The van der Waals surface area contributed by atoms with Crippen molar-refractivity contribution in [3.8, 4) is 11.4 Å². The molecule has 1 aliphatic rings. The summed E-state index contributed by atoms with van der Waals surface area (Å²) in [6.07, 6.45) is 4.64. The maximum absolute atomic E-state index is 12.7. The second kappa shape index (κ2) is 7.56. The number of carbonyl (C=O) groups excluding carboxylic acids is 1. The molecule has 0 unspecified atom stereocenters. The van der Waals surface area contributed by atoms with Gasteiger partial charge in [0, 0.05) is 52.9 Å². The number of aromatic nitrogens is 3. The zero-order chi connectivity index (χ0) is 19.7. The molecule has 0 saturated carbocycles. The van der Waals surface area contributed by atoms with Gasteiger partial charge < -0.3 is 9.88 Å². The van der Waals surface area contributed by atoms with E-state index < -0.39 is 0 Å². The van der Waals surface area contributed by atoms with Gasteiger partial charge in [-0.3, -0.25) is 14.6 Å². The first-order valence-electron chi connectivity index (χ1n) is 9.12. The Morgan fingerprint density at radius 3 is 2.79 bits per heavy atom. The number of pyridine rings is 1. The third-order valence-electron chi connectivity index (χ3n) is 5.04. The maximum atomic E-state index is 12.7. The van der Waals surface area contributed by atoms with Crippen molar-refractivity contribution in [3.05, 3.63) is 74.9 Å². The molecule has 6 nitrogen and oxygen atoms in total. The van der Waals surface area contributed by atoms with Gasteiger partial charge in [-0.05, 0) is 49.6 Å². The van der Waals surface area contributed by atoms with E-state index in [0.29, 0.717) is 35.1 Å². The average molecular weight is 395 g/mol. The van der Waals surface area contributed by atoms with E-state index in [9.17, 15) is 9.59 Å². The molecule has 1 amide bonds. The molecule has 0 aliphatic carbocycles. The standard InChI is InChI=1S/C21H19ClN4O2/c1-13-15(21(28)25-20(24-13)14-7-10-23-11-8-14)5-6-19(27)26-12-9-16-17(22)3-2-4-18(16)26/h2-4,7-8,10-11H,5-6,9,12H2,1H3,(H,24,25,28). The van der Waals surface area contributed by atoms with Gasteiger partial charge in [-0.25, -0.2) is 4.98 Å². The van der Waals surface area contributed by atoms with Crippen molar-refractivity contribution in [2.45, 2.75) is 26.2 Å². The number of halogens is 1. The summed E-state index contributed by atoms with van der Waals surface area (Å²) in [6.45, 7) is 2.41. The minimum atomic E-state index is -0.211. The number of aryl methyl sites for hydroxylation is 1. The molecule has 4 rings (SSSR count). The highest BCUT2D eigenvalue weighted by atomic mass is 35.5. The lowest BCUT2D eigenvalue weighted by Gasteiger charge is -2.17. The number of nitrogens with one attached hydrogen (secondary N) is 1. The molecule has 0 atom stereocenters. The second-order valence-electron chi connectivity index (χ2n) is 6.75. The van der Waals surface area contributed by atoms with Crippen molar-refractivity contribution in [1.29, 1.82) is 0 Å². The molecule has 28 heavy (non-hydrogen) atoms. The molecule has 142 valence electrons. The van der Waals surface area contributed by atoms with Crippen LogP contribution in [0.1, 0.15) is 23.2 Å². The summed E-state index contributed by atoms with van der Waals surface area (Å²) in [7, 11) is 0. The Kier molecular flexibility index (Phi) is 4.96. The molecule has 3 aromatic rings. The monoisotopic (exact) mass is 394 g/mol. The number of nitrogens with zero attached hydrogens (tertiary/aromatic N) is 3. The smallest absolute Gasteiger partial charge is 0.254 e. The summed E-state index contributed by atoms with van der Waals surface area (Å²) in [5, 5.41) is 0.691. The number of benzene rings is 1. The Morgan fingerprint density at radius 2 is 2.04 bits per heavy atom. The van der Waals surface area contributed by atoms with E-state index >= 15 is 0 Å². The summed E-state index contributed by atoms with van der Waals surface area (Å²) in [5.74, 6) is 0.487. The van der Waals surface area contributed by atoms with Crippen LogP contribution in [0.2, 0.25) is 5.02 Å². The van der Waals surface area contributed by atoms with E-state index in [1.165, 1.54) is 0 Å². The molecule has 0 saturated heterocycles. The molecule has 0 radical (unpaired) electrons. The Morgan fingerprint density at radius 1 is 1.25 bits per heavy atom. The lowest BCUT2D eigenvalue weighted by atomic mass is 10.1. The van der Waals surface area contributed by atoms with Crippen LogP contribution < -0.4 is 10.5 Å². The quantitative estimate of drug-likeness (QED) is 0.736. The van der Waals surface area contributed by atoms with E-state index in [1.807, 2.05) is 18.2 Å². The Labute approximate surface area is 167 Å². The fraction of sp³-hybridized carbons (Fsp3) is 0.238. The number of aromatic amines is 1. The minimum absolute atomic E-state index is 0.0157. The van der Waals surface area contributed by atoms with E-state index in [2.05, 4.69) is 15.0 Å². The van der Waals surface area contributed by atoms with Crippen molar-refractivity contribution in [3.63, 3.8) is 0 Å². The number of amides is 1. The summed E-state index contributed by atoms with van der Waals surface area (Å²) < 4.78 is 0. The van der Waals surface area contributed by atoms with Crippen LogP contribution >= 0.6 is 11.6 Å². The first kappa shape index (κ1) is 18.4. The Hall–Kier alpha value is -2.99. The first-order valence-corrected chi connectivity index (χ1v) is 9.50. The van der Waals surface area contributed by atoms with Crippen LogP contribution in [0.25, 0.3) is 11.4 Å². The topological polar surface area (TPSA) is 79.0 Å². The highest BCUT2D eigenvalue weighted by Crippen LogP contribution is 2.33. The van der Waals surface area contributed by atoms with Gasteiger partial charge in [0.25, 0.3) is 5.56 Å². The van der Waals surface area contributed by atoms with Crippen LogP contribution in [-0.2, 0) is 17.6 Å². The van der Waals surface area contributed by atoms with Crippen LogP contribution in [0, 0.1) is 6.92 Å². The lowest BCUT2D eigenvalue weighted by molar-refractivity contribution is -0.118. The molecule has 3 heterocycles. The number of hydrogen-bond acceptors (Lipinski definition) is 4. The van der Waals surface area contributed by atoms with Gasteiger partial charge in [0.15, 0.2) is 0 Å². The minimum Gasteiger partial charge on any atom is -0.312 e. The zero-order valence-corrected chi connectivity index (χ0v) is 16.2. The SMILES string of the molecule is Cc1nc(-c2ccncc2)[nH]c(=O)c1CCC(=O)N1CCc2c(Cl)cccc21. The van der Waals surface area contributed by atoms with Crippen molar-refractivity contribution >= 4 is 23.2 Å². The van der Waals surface area contributed by atoms with Crippen LogP contribution in [0.4, 0.5) is 5.69 Å². The van der Waals surface area contributed by atoms with Gasteiger partial charge in [0.1, 0.15) is 5.82 Å². The van der Waals surface area contributed by atoms with E-state index in [1.54, 1.807) is 36.4 Å². The van der Waals surface area contributed by atoms with Gasteiger partial charge in [-0.2, -0.15) is 0 Å². The highest BCUT2D eigenvalue weighted by molar-refractivity contribution is 6.32. The van der Waals surface area contributed by atoms with Crippen molar-refractivity contribution in [1.82, 2.24) is 15.0 Å². The molecule has 0 spiro atoms. The van der Waals surface area contributed by atoms with Crippen molar-refractivity contribution in [2.24, 2.45) is 0 Å². The van der Waals surface area contributed by atoms with Crippen LogP contribution in [0.15, 0.2) is 47.5 Å². The highest BCUT2D eigenvalue weighted by Gasteiger charge is 2.26. The average Bonchev–Trinajstić information content (AvgIpc) is 3.13. The molecule has 1 N–H and O–H groups in total. The largest absolute Gasteiger partial charge is 0.312 e. The number of carbonyl (C=O) groups is 1. The molecule has 2 aromatic heterocycles. The Balaban J connectivity index is 1.51. The normalized spacial score (nSPS) is 12.9. The molecular formula is C21H19ClN4O2. The molecule has 0 fully saturated rings. The molecular weight excluding hydrogens is 376 g/mol. The summed E-state index contributed by atoms with van der Waals surface area (Å²) in [6, 6.07) is 9.18. The molecule has 1 aromatic carbocycles. The van der Waals surface area contributed by atoms with Crippen LogP contribution in [0.5, 0.6) is 0 Å². The zero-order valence-electron chi connectivity index (χ0n) is 15.4. The maximum Gasteiger partial charge on any atom is 0.254 e. The number of fused-ring (bicyclic) bond motifs is 1. The summed E-state index contributed by atoms with van der Waals surface area (Å²) >= 11 is 6.22. The molecule has 7 heteroatoms. The molecule has 1 aliphatic heterocycles.